The highest BCUT2D eigenvalue weighted by molar-refractivity contribution is 5.80. The van der Waals surface area contributed by atoms with Crippen molar-refractivity contribution < 1.29 is 14.3 Å². The van der Waals surface area contributed by atoms with Crippen molar-refractivity contribution in [3.05, 3.63) is 18.3 Å². The summed E-state index contributed by atoms with van der Waals surface area (Å²) < 4.78 is 11.4. The van der Waals surface area contributed by atoms with Crippen LogP contribution in [0.25, 0.3) is 0 Å². The van der Waals surface area contributed by atoms with Crippen molar-refractivity contribution in [1.29, 1.82) is 0 Å². The molecule has 23 heavy (non-hydrogen) atoms. The monoisotopic (exact) mass is 322 g/mol. The third-order valence-corrected chi connectivity index (χ3v) is 3.56. The van der Waals surface area contributed by atoms with Gasteiger partial charge in [-0.15, -0.1) is 0 Å². The second-order valence-corrected chi connectivity index (χ2v) is 6.18. The van der Waals surface area contributed by atoms with Gasteiger partial charge in [0.2, 0.25) is 5.88 Å². The summed E-state index contributed by atoms with van der Waals surface area (Å²) in [6.45, 7) is 11.3. The first-order valence-corrected chi connectivity index (χ1v) is 8.44. The summed E-state index contributed by atoms with van der Waals surface area (Å²) >= 11 is 0. The van der Waals surface area contributed by atoms with Crippen molar-refractivity contribution in [3.8, 4) is 11.6 Å². The minimum absolute atomic E-state index is 0.0462. The number of hydrogen-bond acceptors (Lipinski definition) is 5. The normalized spacial score (nSPS) is 13.7. The van der Waals surface area contributed by atoms with Crippen molar-refractivity contribution in [1.82, 2.24) is 10.3 Å². The Morgan fingerprint density at radius 2 is 2.00 bits per heavy atom. The van der Waals surface area contributed by atoms with E-state index in [0.29, 0.717) is 30.7 Å². The molecule has 0 amide bonds. The molecule has 0 spiro atoms. The fourth-order valence-electron chi connectivity index (χ4n) is 2.03. The van der Waals surface area contributed by atoms with Crippen LogP contribution in [0.4, 0.5) is 0 Å². The van der Waals surface area contributed by atoms with Crippen LogP contribution < -0.4 is 14.8 Å². The first-order chi connectivity index (χ1) is 10.9. The van der Waals surface area contributed by atoms with Crippen LogP contribution in [0.3, 0.4) is 0 Å². The molecule has 5 nitrogen and oxygen atoms in total. The number of aromatic nitrogens is 1. The summed E-state index contributed by atoms with van der Waals surface area (Å²) in [5.41, 5.74) is 0. The molecule has 1 heterocycles. The molecule has 1 aromatic rings. The molecule has 0 saturated carbocycles. The average molecular weight is 322 g/mol. The second kappa shape index (κ2) is 10.2. The molecule has 1 rings (SSSR count). The van der Waals surface area contributed by atoms with Crippen molar-refractivity contribution >= 4 is 5.78 Å². The zero-order valence-corrected chi connectivity index (χ0v) is 15.0. The van der Waals surface area contributed by atoms with E-state index in [-0.39, 0.29) is 17.8 Å². The third kappa shape index (κ3) is 7.98. The molecule has 0 bridgehead atoms. The van der Waals surface area contributed by atoms with Crippen LogP contribution in [-0.2, 0) is 4.79 Å². The predicted octanol–water partition coefficient (Wildman–Crippen LogP) is 3.23. The molecule has 1 unspecified atom stereocenters. The summed E-state index contributed by atoms with van der Waals surface area (Å²) in [4.78, 5) is 15.8. The SMILES string of the molecule is CCC(=O)C(C)CCOc1ccc(O[C@H](C)CNC(C)C)nc1. The number of nitrogens with zero attached hydrogens (tertiary/aromatic N) is 1. The fraction of sp³-hybridized carbons (Fsp3) is 0.667. The Morgan fingerprint density at radius 3 is 2.57 bits per heavy atom. The number of ketones is 1. The topological polar surface area (TPSA) is 60.5 Å². The molecule has 5 heteroatoms. The summed E-state index contributed by atoms with van der Waals surface area (Å²) in [6, 6.07) is 4.09. The molecule has 0 aliphatic heterocycles. The van der Waals surface area contributed by atoms with Crippen LogP contribution in [0, 0.1) is 5.92 Å². The minimum atomic E-state index is 0.0462. The highest BCUT2D eigenvalue weighted by Crippen LogP contribution is 2.16. The summed E-state index contributed by atoms with van der Waals surface area (Å²) in [6.07, 6.45) is 3.02. The van der Waals surface area contributed by atoms with Gasteiger partial charge >= 0.3 is 0 Å². The molecule has 0 fully saturated rings. The number of rotatable bonds is 11. The number of pyridine rings is 1. The molecule has 0 aromatic carbocycles. The van der Waals surface area contributed by atoms with Gasteiger partial charge in [0.1, 0.15) is 17.6 Å². The number of hydrogen-bond donors (Lipinski definition) is 1. The maximum Gasteiger partial charge on any atom is 0.213 e. The van der Waals surface area contributed by atoms with Crippen LogP contribution in [0.2, 0.25) is 0 Å². The average Bonchev–Trinajstić information content (AvgIpc) is 2.53. The van der Waals surface area contributed by atoms with E-state index < -0.39 is 0 Å². The van der Waals surface area contributed by atoms with Gasteiger partial charge in [0.15, 0.2) is 0 Å². The molecule has 2 atom stereocenters. The standard InChI is InChI=1S/C18H30N2O3/c1-6-17(21)14(4)9-10-22-16-7-8-18(20-12-16)23-15(5)11-19-13(2)3/h7-8,12-15,19H,6,9-11H2,1-5H3/t14?,15-/m1/s1. The van der Waals surface area contributed by atoms with E-state index in [1.807, 2.05) is 32.9 Å². The molecular formula is C18H30N2O3. The van der Waals surface area contributed by atoms with Gasteiger partial charge in [-0.1, -0.05) is 27.7 Å². The van der Waals surface area contributed by atoms with Crippen LogP contribution >= 0.6 is 0 Å². The molecule has 1 aromatic heterocycles. The maximum atomic E-state index is 11.5. The zero-order valence-electron chi connectivity index (χ0n) is 15.0. The number of Topliss-reactive ketones (excluding diaryl/α,β-unsaturated/α-hetero) is 1. The van der Waals surface area contributed by atoms with E-state index in [1.54, 1.807) is 6.20 Å². The van der Waals surface area contributed by atoms with Crippen LogP contribution in [-0.4, -0.2) is 36.1 Å². The quantitative estimate of drug-likeness (QED) is 0.678. The van der Waals surface area contributed by atoms with Crippen molar-refractivity contribution in [3.63, 3.8) is 0 Å². The Morgan fingerprint density at radius 1 is 1.26 bits per heavy atom. The smallest absolute Gasteiger partial charge is 0.213 e. The van der Waals surface area contributed by atoms with Gasteiger partial charge in [0.25, 0.3) is 0 Å². The molecule has 1 N–H and O–H groups in total. The van der Waals surface area contributed by atoms with Crippen LogP contribution in [0.1, 0.15) is 47.5 Å². The Kier molecular flexibility index (Phi) is 8.62. The van der Waals surface area contributed by atoms with Crippen molar-refractivity contribution in [2.45, 2.75) is 59.6 Å². The summed E-state index contributed by atoms with van der Waals surface area (Å²) in [7, 11) is 0. The van der Waals surface area contributed by atoms with Gasteiger partial charge in [0, 0.05) is 31.0 Å². The minimum Gasteiger partial charge on any atom is -0.492 e. The molecular weight excluding hydrogens is 292 g/mol. The van der Waals surface area contributed by atoms with E-state index in [1.165, 1.54) is 0 Å². The summed E-state index contributed by atoms with van der Waals surface area (Å²) in [5, 5.41) is 3.32. The number of ether oxygens (including phenoxy) is 2. The molecule has 0 saturated heterocycles. The lowest BCUT2D eigenvalue weighted by atomic mass is 10.0. The number of carbonyl (C=O) groups excluding carboxylic acids is 1. The first kappa shape index (κ1) is 19.4. The van der Waals surface area contributed by atoms with E-state index in [0.717, 1.165) is 13.0 Å². The summed E-state index contributed by atoms with van der Waals surface area (Å²) in [5.74, 6) is 1.61. The van der Waals surface area contributed by atoms with Crippen LogP contribution in [0.15, 0.2) is 18.3 Å². The Labute approximate surface area is 139 Å². The first-order valence-electron chi connectivity index (χ1n) is 8.44. The van der Waals surface area contributed by atoms with Gasteiger partial charge < -0.3 is 14.8 Å². The van der Waals surface area contributed by atoms with Crippen molar-refractivity contribution in [2.75, 3.05) is 13.2 Å². The van der Waals surface area contributed by atoms with Gasteiger partial charge in [-0.3, -0.25) is 4.79 Å². The zero-order chi connectivity index (χ0) is 17.2. The highest BCUT2D eigenvalue weighted by Gasteiger charge is 2.10. The molecule has 0 radical (unpaired) electrons. The number of carbonyl (C=O) groups is 1. The molecule has 0 aliphatic rings. The molecule has 0 aliphatic carbocycles. The Hall–Kier alpha value is -1.62. The molecule has 130 valence electrons. The Balaban J connectivity index is 2.34. The lowest BCUT2D eigenvalue weighted by Gasteiger charge is -2.16. The van der Waals surface area contributed by atoms with Gasteiger partial charge in [-0.25, -0.2) is 4.98 Å². The van der Waals surface area contributed by atoms with E-state index in [9.17, 15) is 4.79 Å². The lowest BCUT2D eigenvalue weighted by Crippen LogP contribution is -2.33. The highest BCUT2D eigenvalue weighted by atomic mass is 16.5. The van der Waals surface area contributed by atoms with E-state index in [4.69, 9.17) is 9.47 Å². The number of nitrogens with one attached hydrogen (secondary N) is 1. The van der Waals surface area contributed by atoms with Gasteiger partial charge in [0.05, 0.1) is 12.8 Å². The third-order valence-electron chi connectivity index (χ3n) is 3.56. The lowest BCUT2D eigenvalue weighted by molar-refractivity contribution is -0.122. The van der Waals surface area contributed by atoms with Gasteiger partial charge in [-0.05, 0) is 19.4 Å². The van der Waals surface area contributed by atoms with E-state index in [2.05, 4.69) is 24.1 Å². The Bertz CT molecular complexity index is 460. The fourth-order valence-corrected chi connectivity index (χ4v) is 2.03. The predicted molar refractivity (Wildman–Crippen MR) is 92.0 cm³/mol. The maximum absolute atomic E-state index is 11.5. The van der Waals surface area contributed by atoms with Crippen molar-refractivity contribution in [2.24, 2.45) is 5.92 Å². The van der Waals surface area contributed by atoms with E-state index >= 15 is 0 Å². The second-order valence-electron chi connectivity index (χ2n) is 6.18. The van der Waals surface area contributed by atoms with Gasteiger partial charge in [-0.2, -0.15) is 0 Å². The largest absolute Gasteiger partial charge is 0.492 e. The van der Waals surface area contributed by atoms with Crippen LogP contribution in [0.5, 0.6) is 11.6 Å².